The van der Waals surface area contributed by atoms with E-state index in [4.69, 9.17) is 5.11 Å². The highest BCUT2D eigenvalue weighted by Crippen LogP contribution is 2.13. The first-order chi connectivity index (χ1) is 8.28. The van der Waals surface area contributed by atoms with Gasteiger partial charge in [-0.05, 0) is 24.1 Å². The second-order valence-corrected chi connectivity index (χ2v) is 4.33. The van der Waals surface area contributed by atoms with Crippen molar-refractivity contribution in [3.63, 3.8) is 0 Å². The lowest BCUT2D eigenvalue weighted by atomic mass is 10.1. The van der Waals surface area contributed by atoms with Gasteiger partial charge >= 0.3 is 0 Å². The SMILES string of the molecule is OCC#Cc1ccc(CN2CCC(O)C2)cc1. The summed E-state index contributed by atoms with van der Waals surface area (Å²) in [6.45, 7) is 2.51. The Bertz CT molecular complexity index is 416. The summed E-state index contributed by atoms with van der Waals surface area (Å²) < 4.78 is 0. The molecule has 0 spiro atoms. The molecule has 1 aromatic carbocycles. The molecule has 1 fully saturated rings. The lowest BCUT2D eigenvalue weighted by Crippen LogP contribution is -2.21. The average Bonchev–Trinajstić information content (AvgIpc) is 2.74. The van der Waals surface area contributed by atoms with E-state index in [0.717, 1.165) is 31.6 Å². The summed E-state index contributed by atoms with van der Waals surface area (Å²) in [5, 5.41) is 18.0. The predicted molar refractivity (Wildman–Crippen MR) is 66.3 cm³/mol. The van der Waals surface area contributed by atoms with Gasteiger partial charge in [0.1, 0.15) is 6.61 Å². The van der Waals surface area contributed by atoms with Crippen LogP contribution in [0.25, 0.3) is 0 Å². The first-order valence-electron chi connectivity index (χ1n) is 5.87. The van der Waals surface area contributed by atoms with Crippen LogP contribution < -0.4 is 0 Å². The molecular weight excluding hydrogens is 214 g/mol. The van der Waals surface area contributed by atoms with Gasteiger partial charge in [0.05, 0.1) is 6.10 Å². The number of hydrogen-bond acceptors (Lipinski definition) is 3. The van der Waals surface area contributed by atoms with Gasteiger partial charge in [-0.15, -0.1) is 0 Å². The smallest absolute Gasteiger partial charge is 0.104 e. The first-order valence-corrected chi connectivity index (χ1v) is 5.87. The Balaban J connectivity index is 1.94. The van der Waals surface area contributed by atoms with Crippen molar-refractivity contribution in [2.75, 3.05) is 19.7 Å². The maximum atomic E-state index is 9.44. The van der Waals surface area contributed by atoms with Crippen molar-refractivity contribution in [1.82, 2.24) is 4.90 Å². The van der Waals surface area contributed by atoms with E-state index in [1.54, 1.807) is 0 Å². The molecule has 0 radical (unpaired) electrons. The number of nitrogens with zero attached hydrogens (tertiary/aromatic N) is 1. The zero-order chi connectivity index (χ0) is 12.1. The van der Waals surface area contributed by atoms with Crippen LogP contribution >= 0.6 is 0 Å². The number of β-amino-alcohol motifs (C(OH)–C–C–N with tert-alkyl or cyclic N) is 1. The van der Waals surface area contributed by atoms with Gasteiger partial charge in [0.2, 0.25) is 0 Å². The predicted octanol–water partition coefficient (Wildman–Crippen LogP) is 0.597. The van der Waals surface area contributed by atoms with Gasteiger partial charge in [-0.3, -0.25) is 4.90 Å². The van der Waals surface area contributed by atoms with E-state index in [9.17, 15) is 5.11 Å². The van der Waals surface area contributed by atoms with Crippen molar-refractivity contribution in [3.05, 3.63) is 35.4 Å². The summed E-state index contributed by atoms with van der Waals surface area (Å²) in [6, 6.07) is 8.02. The van der Waals surface area contributed by atoms with Gasteiger partial charge in [-0.25, -0.2) is 0 Å². The van der Waals surface area contributed by atoms with E-state index in [1.165, 1.54) is 5.56 Å². The minimum atomic E-state index is -0.162. The maximum Gasteiger partial charge on any atom is 0.104 e. The minimum absolute atomic E-state index is 0.104. The van der Waals surface area contributed by atoms with Gasteiger partial charge in [0, 0.05) is 25.2 Å². The highest BCUT2D eigenvalue weighted by atomic mass is 16.3. The fourth-order valence-electron chi connectivity index (χ4n) is 2.05. The fourth-order valence-corrected chi connectivity index (χ4v) is 2.05. The molecule has 1 saturated heterocycles. The number of rotatable bonds is 2. The van der Waals surface area contributed by atoms with Crippen molar-refractivity contribution >= 4 is 0 Å². The molecule has 17 heavy (non-hydrogen) atoms. The van der Waals surface area contributed by atoms with Crippen molar-refractivity contribution in [3.8, 4) is 11.8 Å². The summed E-state index contributed by atoms with van der Waals surface area (Å²) in [5.74, 6) is 5.49. The molecule has 1 aliphatic heterocycles. The topological polar surface area (TPSA) is 43.7 Å². The normalized spacial score (nSPS) is 20.0. The maximum absolute atomic E-state index is 9.44. The third kappa shape index (κ3) is 3.57. The summed E-state index contributed by atoms with van der Waals surface area (Å²) >= 11 is 0. The largest absolute Gasteiger partial charge is 0.392 e. The molecule has 1 unspecified atom stereocenters. The van der Waals surface area contributed by atoms with E-state index >= 15 is 0 Å². The Kier molecular flexibility index (Phi) is 4.16. The van der Waals surface area contributed by atoms with Crippen LogP contribution in [0.4, 0.5) is 0 Å². The molecule has 1 heterocycles. The monoisotopic (exact) mass is 231 g/mol. The second kappa shape index (κ2) is 5.83. The number of aliphatic hydroxyl groups excluding tert-OH is 2. The standard InChI is InChI=1S/C14H17NO2/c16-9-1-2-12-3-5-13(6-4-12)10-15-8-7-14(17)11-15/h3-6,14,16-17H,7-11H2. The van der Waals surface area contributed by atoms with Crippen molar-refractivity contribution in [2.24, 2.45) is 0 Å². The summed E-state index contributed by atoms with van der Waals surface area (Å²) in [4.78, 5) is 2.25. The van der Waals surface area contributed by atoms with Crippen molar-refractivity contribution in [2.45, 2.75) is 19.1 Å². The molecular formula is C14H17NO2. The molecule has 0 amide bonds. The molecule has 0 bridgehead atoms. The van der Waals surface area contributed by atoms with E-state index in [-0.39, 0.29) is 12.7 Å². The minimum Gasteiger partial charge on any atom is -0.392 e. The molecule has 1 aliphatic rings. The molecule has 1 aromatic rings. The van der Waals surface area contributed by atoms with Crippen molar-refractivity contribution in [1.29, 1.82) is 0 Å². The van der Waals surface area contributed by atoms with Gasteiger partial charge in [0.25, 0.3) is 0 Å². The van der Waals surface area contributed by atoms with Crippen LogP contribution in [-0.4, -0.2) is 40.9 Å². The third-order valence-corrected chi connectivity index (χ3v) is 2.92. The fraction of sp³-hybridized carbons (Fsp3) is 0.429. The van der Waals surface area contributed by atoms with E-state index in [0.29, 0.717) is 0 Å². The van der Waals surface area contributed by atoms with Crippen LogP contribution in [0, 0.1) is 11.8 Å². The van der Waals surface area contributed by atoms with Gasteiger partial charge in [0.15, 0.2) is 0 Å². The highest BCUT2D eigenvalue weighted by molar-refractivity contribution is 5.36. The number of likely N-dealkylation sites (tertiary alicyclic amines) is 1. The Labute approximate surface area is 102 Å². The van der Waals surface area contributed by atoms with E-state index in [1.807, 2.05) is 24.3 Å². The zero-order valence-electron chi connectivity index (χ0n) is 9.76. The molecule has 2 rings (SSSR count). The first kappa shape index (κ1) is 12.1. The van der Waals surface area contributed by atoms with Crippen LogP contribution in [-0.2, 0) is 6.54 Å². The van der Waals surface area contributed by atoms with Crippen LogP contribution in [0.15, 0.2) is 24.3 Å². The molecule has 2 N–H and O–H groups in total. The molecule has 1 atom stereocenters. The number of benzene rings is 1. The summed E-state index contributed by atoms with van der Waals surface area (Å²) in [7, 11) is 0. The van der Waals surface area contributed by atoms with E-state index < -0.39 is 0 Å². The quantitative estimate of drug-likeness (QED) is 0.732. The molecule has 90 valence electrons. The lowest BCUT2D eigenvalue weighted by Gasteiger charge is -2.14. The van der Waals surface area contributed by atoms with Gasteiger partial charge in [-0.2, -0.15) is 0 Å². The van der Waals surface area contributed by atoms with E-state index in [2.05, 4.69) is 16.7 Å². The molecule has 0 saturated carbocycles. The van der Waals surface area contributed by atoms with Crippen LogP contribution in [0.3, 0.4) is 0 Å². The Morgan fingerprint density at radius 2 is 2.06 bits per heavy atom. The highest BCUT2D eigenvalue weighted by Gasteiger charge is 2.19. The summed E-state index contributed by atoms with van der Waals surface area (Å²) in [6.07, 6.45) is 0.713. The van der Waals surface area contributed by atoms with Crippen LogP contribution in [0.5, 0.6) is 0 Å². The van der Waals surface area contributed by atoms with Crippen LogP contribution in [0.2, 0.25) is 0 Å². The lowest BCUT2D eigenvalue weighted by molar-refractivity contribution is 0.175. The Hall–Kier alpha value is -1.34. The molecule has 0 aromatic heterocycles. The van der Waals surface area contributed by atoms with Crippen molar-refractivity contribution < 1.29 is 10.2 Å². The Morgan fingerprint density at radius 1 is 1.29 bits per heavy atom. The van der Waals surface area contributed by atoms with Crippen LogP contribution in [0.1, 0.15) is 17.5 Å². The average molecular weight is 231 g/mol. The second-order valence-electron chi connectivity index (χ2n) is 4.33. The van der Waals surface area contributed by atoms with Gasteiger partial charge < -0.3 is 10.2 Å². The number of hydrogen-bond donors (Lipinski definition) is 2. The third-order valence-electron chi connectivity index (χ3n) is 2.92. The molecule has 3 heteroatoms. The molecule has 3 nitrogen and oxygen atoms in total. The summed E-state index contributed by atoms with van der Waals surface area (Å²) in [5.41, 5.74) is 2.15. The number of aliphatic hydroxyl groups is 2. The van der Waals surface area contributed by atoms with Gasteiger partial charge in [-0.1, -0.05) is 24.0 Å². The Morgan fingerprint density at radius 3 is 2.65 bits per heavy atom. The molecule has 0 aliphatic carbocycles. The zero-order valence-corrected chi connectivity index (χ0v) is 9.76.